The largest absolute Gasteiger partial charge is 0.393 e. The van der Waals surface area contributed by atoms with Crippen LogP contribution in [-0.2, 0) is 4.79 Å². The summed E-state index contributed by atoms with van der Waals surface area (Å²) < 4.78 is 0. The number of rotatable bonds is 5. The van der Waals surface area contributed by atoms with Crippen molar-refractivity contribution in [3.63, 3.8) is 0 Å². The number of nitrogens with one attached hydrogen (secondary N) is 1. The highest BCUT2D eigenvalue weighted by Gasteiger charge is 2.36. The maximum absolute atomic E-state index is 12.8. The number of nitrogens with zero attached hydrogens (tertiary/aromatic N) is 2. The van der Waals surface area contributed by atoms with Gasteiger partial charge in [-0.1, -0.05) is 37.5 Å². The van der Waals surface area contributed by atoms with Crippen LogP contribution in [0.2, 0.25) is 0 Å². The molecule has 150 valence electrons. The summed E-state index contributed by atoms with van der Waals surface area (Å²) in [5.41, 5.74) is 2.00. The number of aliphatic hydroxyl groups excluding tert-OH is 1. The SMILES string of the molecule is O=C(CN1CCCCCCC1)N[C@H](c1cnc2ccccc2c1)C1CC(O)C1. The van der Waals surface area contributed by atoms with Crippen LogP contribution in [0.15, 0.2) is 36.5 Å². The van der Waals surface area contributed by atoms with E-state index in [4.69, 9.17) is 0 Å². The molecule has 2 aromatic rings. The van der Waals surface area contributed by atoms with Gasteiger partial charge in [0.15, 0.2) is 0 Å². The lowest BCUT2D eigenvalue weighted by Gasteiger charge is -2.38. The van der Waals surface area contributed by atoms with Crippen molar-refractivity contribution in [3.8, 4) is 0 Å². The number of benzene rings is 1. The lowest BCUT2D eigenvalue weighted by Crippen LogP contribution is -2.45. The standard InChI is InChI=1S/C23H31N3O2/c27-20-13-18(14-20)23(19-12-17-8-4-5-9-21(17)24-15-19)25-22(28)16-26-10-6-2-1-3-7-11-26/h4-5,8-9,12,15,18,20,23,27H,1-3,6-7,10-11,13-14,16H2,(H,25,28)/t18?,20?,23-/m0/s1. The van der Waals surface area contributed by atoms with Gasteiger partial charge in [0.25, 0.3) is 0 Å². The molecule has 0 unspecified atom stereocenters. The Morgan fingerprint density at radius 1 is 1.14 bits per heavy atom. The van der Waals surface area contributed by atoms with Gasteiger partial charge in [0.1, 0.15) is 0 Å². The van der Waals surface area contributed by atoms with E-state index in [2.05, 4.69) is 27.3 Å². The number of hydrogen-bond acceptors (Lipinski definition) is 4. The molecular weight excluding hydrogens is 350 g/mol. The van der Waals surface area contributed by atoms with Crippen LogP contribution in [0.25, 0.3) is 10.9 Å². The maximum Gasteiger partial charge on any atom is 0.234 e. The summed E-state index contributed by atoms with van der Waals surface area (Å²) in [6.07, 6.45) is 9.33. The topological polar surface area (TPSA) is 65.5 Å². The van der Waals surface area contributed by atoms with Crippen molar-refractivity contribution < 1.29 is 9.90 Å². The Labute approximate surface area is 167 Å². The van der Waals surface area contributed by atoms with Crippen molar-refractivity contribution in [1.82, 2.24) is 15.2 Å². The van der Waals surface area contributed by atoms with Gasteiger partial charge in [0, 0.05) is 11.6 Å². The summed E-state index contributed by atoms with van der Waals surface area (Å²) in [6, 6.07) is 10.1. The Morgan fingerprint density at radius 3 is 2.61 bits per heavy atom. The number of aliphatic hydroxyl groups is 1. The van der Waals surface area contributed by atoms with Gasteiger partial charge < -0.3 is 10.4 Å². The van der Waals surface area contributed by atoms with Crippen LogP contribution in [0, 0.1) is 5.92 Å². The molecule has 1 saturated carbocycles. The fourth-order valence-electron chi connectivity index (χ4n) is 4.53. The zero-order valence-corrected chi connectivity index (χ0v) is 16.5. The van der Waals surface area contributed by atoms with E-state index < -0.39 is 0 Å². The first-order valence-electron chi connectivity index (χ1n) is 10.7. The second-order valence-corrected chi connectivity index (χ2v) is 8.44. The third kappa shape index (κ3) is 4.70. The molecule has 1 aliphatic carbocycles. The highest BCUT2D eigenvalue weighted by atomic mass is 16.3. The minimum absolute atomic E-state index is 0.0808. The lowest BCUT2D eigenvalue weighted by molar-refractivity contribution is -0.124. The molecule has 1 aromatic heterocycles. The van der Waals surface area contributed by atoms with Crippen molar-refractivity contribution >= 4 is 16.8 Å². The minimum Gasteiger partial charge on any atom is -0.393 e. The quantitative estimate of drug-likeness (QED) is 0.833. The molecule has 4 rings (SSSR count). The van der Waals surface area contributed by atoms with Gasteiger partial charge in [0.2, 0.25) is 5.91 Å². The van der Waals surface area contributed by atoms with Crippen molar-refractivity contribution in [2.75, 3.05) is 19.6 Å². The van der Waals surface area contributed by atoms with Gasteiger partial charge in [-0.2, -0.15) is 0 Å². The molecule has 2 aliphatic rings. The zero-order chi connectivity index (χ0) is 19.3. The van der Waals surface area contributed by atoms with Crippen LogP contribution in [0.3, 0.4) is 0 Å². The Balaban J connectivity index is 1.46. The Kier molecular flexibility index (Phi) is 6.23. The number of carbonyl (C=O) groups is 1. The van der Waals surface area contributed by atoms with Crippen molar-refractivity contribution in [2.45, 2.75) is 57.1 Å². The molecule has 0 spiro atoms. The maximum atomic E-state index is 12.8. The summed E-state index contributed by atoms with van der Waals surface area (Å²) in [6.45, 7) is 2.49. The number of aromatic nitrogens is 1. The summed E-state index contributed by atoms with van der Waals surface area (Å²) in [5, 5.41) is 14.2. The van der Waals surface area contributed by atoms with Gasteiger partial charge >= 0.3 is 0 Å². The zero-order valence-electron chi connectivity index (χ0n) is 16.5. The number of hydrogen-bond donors (Lipinski definition) is 2. The smallest absolute Gasteiger partial charge is 0.234 e. The molecular formula is C23H31N3O2. The average Bonchev–Trinajstić information content (AvgIpc) is 2.65. The van der Waals surface area contributed by atoms with Gasteiger partial charge in [0.05, 0.1) is 24.2 Å². The highest BCUT2D eigenvalue weighted by molar-refractivity contribution is 5.80. The summed E-state index contributed by atoms with van der Waals surface area (Å²) in [4.78, 5) is 19.7. The predicted molar refractivity (Wildman–Crippen MR) is 111 cm³/mol. The third-order valence-electron chi connectivity index (χ3n) is 6.22. The Hall–Kier alpha value is -1.98. The van der Waals surface area contributed by atoms with Crippen molar-refractivity contribution in [1.29, 1.82) is 0 Å². The summed E-state index contributed by atoms with van der Waals surface area (Å²) >= 11 is 0. The molecule has 1 saturated heterocycles. The van der Waals surface area contributed by atoms with Crippen LogP contribution < -0.4 is 5.32 Å². The molecule has 5 heteroatoms. The molecule has 0 bridgehead atoms. The molecule has 2 fully saturated rings. The van der Waals surface area contributed by atoms with Crippen LogP contribution in [0.5, 0.6) is 0 Å². The number of amides is 1. The molecule has 2 N–H and O–H groups in total. The molecule has 1 aliphatic heterocycles. The third-order valence-corrected chi connectivity index (χ3v) is 6.22. The van der Waals surface area contributed by atoms with Crippen LogP contribution in [0.1, 0.15) is 56.6 Å². The lowest BCUT2D eigenvalue weighted by atomic mass is 9.75. The van der Waals surface area contributed by atoms with E-state index in [1.54, 1.807) is 0 Å². The first-order chi connectivity index (χ1) is 13.7. The van der Waals surface area contributed by atoms with E-state index in [1.807, 2.05) is 24.4 Å². The molecule has 0 radical (unpaired) electrons. The second kappa shape index (κ2) is 9.01. The van der Waals surface area contributed by atoms with Gasteiger partial charge in [-0.25, -0.2) is 0 Å². The van der Waals surface area contributed by atoms with E-state index in [9.17, 15) is 9.90 Å². The van der Waals surface area contributed by atoms with Crippen molar-refractivity contribution in [3.05, 3.63) is 42.1 Å². The fraction of sp³-hybridized carbons (Fsp3) is 0.565. The molecule has 5 nitrogen and oxygen atoms in total. The highest BCUT2D eigenvalue weighted by Crippen LogP contribution is 2.38. The number of likely N-dealkylation sites (tertiary alicyclic amines) is 1. The predicted octanol–water partition coefficient (Wildman–Crippen LogP) is 3.43. The monoisotopic (exact) mass is 381 g/mol. The average molecular weight is 382 g/mol. The van der Waals surface area contributed by atoms with E-state index in [-0.39, 0.29) is 24.0 Å². The first-order valence-corrected chi connectivity index (χ1v) is 10.7. The number of para-hydroxylation sites is 1. The van der Waals surface area contributed by atoms with Gasteiger partial charge in [-0.05, 0) is 62.4 Å². The van der Waals surface area contributed by atoms with Gasteiger partial charge in [-0.15, -0.1) is 0 Å². The van der Waals surface area contributed by atoms with Crippen LogP contribution >= 0.6 is 0 Å². The number of fused-ring (bicyclic) bond motifs is 1. The summed E-state index contributed by atoms with van der Waals surface area (Å²) in [5.74, 6) is 0.356. The first kappa shape index (κ1) is 19.3. The minimum atomic E-state index is -0.243. The van der Waals surface area contributed by atoms with Crippen LogP contribution in [-0.4, -0.2) is 46.6 Å². The molecule has 28 heavy (non-hydrogen) atoms. The van der Waals surface area contributed by atoms with Crippen molar-refractivity contribution in [2.24, 2.45) is 5.92 Å². The Morgan fingerprint density at radius 2 is 1.86 bits per heavy atom. The summed E-state index contributed by atoms with van der Waals surface area (Å²) in [7, 11) is 0. The normalized spacial score (nSPS) is 24.8. The van der Waals surface area contributed by atoms with E-state index in [0.717, 1.165) is 42.4 Å². The van der Waals surface area contributed by atoms with E-state index in [0.29, 0.717) is 6.54 Å². The molecule has 1 atom stereocenters. The van der Waals surface area contributed by atoms with E-state index in [1.165, 1.54) is 32.1 Å². The number of pyridine rings is 1. The second-order valence-electron chi connectivity index (χ2n) is 8.44. The van der Waals surface area contributed by atoms with Crippen LogP contribution in [0.4, 0.5) is 0 Å². The fourth-order valence-corrected chi connectivity index (χ4v) is 4.53. The number of carbonyl (C=O) groups excluding carboxylic acids is 1. The molecule has 2 heterocycles. The molecule has 1 amide bonds. The van der Waals surface area contributed by atoms with E-state index >= 15 is 0 Å². The van der Waals surface area contributed by atoms with Gasteiger partial charge in [-0.3, -0.25) is 14.7 Å². The Bertz CT molecular complexity index is 795. The molecule has 1 aromatic carbocycles.